The van der Waals surface area contributed by atoms with Gasteiger partial charge in [0.2, 0.25) is 0 Å². The lowest BCUT2D eigenvalue weighted by Gasteiger charge is -2.25. The van der Waals surface area contributed by atoms with Crippen LogP contribution in [0.4, 0.5) is 5.82 Å². The molecular weight excluding hydrogens is 252 g/mol. The van der Waals surface area contributed by atoms with Gasteiger partial charge in [0.1, 0.15) is 0 Å². The zero-order chi connectivity index (χ0) is 13.9. The van der Waals surface area contributed by atoms with Gasteiger partial charge in [-0.3, -0.25) is 9.69 Å². The first-order chi connectivity index (χ1) is 9.74. The van der Waals surface area contributed by atoms with E-state index in [1.54, 1.807) is 11.9 Å². The molecule has 1 aromatic carbocycles. The lowest BCUT2D eigenvalue weighted by molar-refractivity contribution is -0.121. The average Bonchev–Trinajstić information content (AvgIpc) is 2.50. The van der Waals surface area contributed by atoms with E-state index in [1.165, 1.54) is 5.56 Å². The number of fused-ring (bicyclic) bond motifs is 1. The van der Waals surface area contributed by atoms with E-state index in [0.717, 1.165) is 18.5 Å². The molecule has 1 aliphatic heterocycles. The van der Waals surface area contributed by atoms with E-state index < -0.39 is 0 Å². The standard InChI is InChI=1S/C16H16N2O2/c1-18-15(19)11-20-14-10-9-13(17-16(14)18)8-7-12-5-3-2-4-6-12/h2-6,9-10H,7-8,11H2,1H3. The van der Waals surface area contributed by atoms with Crippen molar-refractivity contribution in [1.82, 2.24) is 4.98 Å². The summed E-state index contributed by atoms with van der Waals surface area (Å²) in [7, 11) is 1.73. The lowest BCUT2D eigenvalue weighted by atomic mass is 10.1. The number of likely N-dealkylation sites (N-methyl/N-ethyl adjacent to an activating group) is 1. The molecule has 0 aliphatic carbocycles. The Morgan fingerprint density at radius 2 is 1.95 bits per heavy atom. The third-order valence-electron chi connectivity index (χ3n) is 3.45. The fourth-order valence-electron chi connectivity index (χ4n) is 2.24. The normalized spacial score (nSPS) is 13.8. The highest BCUT2D eigenvalue weighted by Gasteiger charge is 2.23. The number of pyridine rings is 1. The third kappa shape index (κ3) is 2.50. The van der Waals surface area contributed by atoms with E-state index in [0.29, 0.717) is 11.6 Å². The molecule has 0 atom stereocenters. The van der Waals surface area contributed by atoms with E-state index >= 15 is 0 Å². The van der Waals surface area contributed by atoms with Crippen LogP contribution >= 0.6 is 0 Å². The zero-order valence-corrected chi connectivity index (χ0v) is 11.4. The van der Waals surface area contributed by atoms with Gasteiger partial charge in [0.05, 0.1) is 0 Å². The summed E-state index contributed by atoms with van der Waals surface area (Å²) in [4.78, 5) is 17.7. The molecule has 0 N–H and O–H groups in total. The van der Waals surface area contributed by atoms with E-state index in [2.05, 4.69) is 17.1 Å². The number of benzene rings is 1. The Morgan fingerprint density at radius 1 is 1.15 bits per heavy atom. The van der Waals surface area contributed by atoms with Gasteiger partial charge in [0.25, 0.3) is 5.91 Å². The van der Waals surface area contributed by atoms with Gasteiger partial charge in [-0.25, -0.2) is 4.98 Å². The molecule has 1 aliphatic rings. The van der Waals surface area contributed by atoms with Crippen molar-refractivity contribution in [3.63, 3.8) is 0 Å². The molecule has 2 heterocycles. The van der Waals surface area contributed by atoms with Gasteiger partial charge in [-0.15, -0.1) is 0 Å². The fourth-order valence-corrected chi connectivity index (χ4v) is 2.24. The number of rotatable bonds is 3. The Labute approximate surface area is 118 Å². The van der Waals surface area contributed by atoms with Crippen molar-refractivity contribution in [1.29, 1.82) is 0 Å². The topological polar surface area (TPSA) is 42.4 Å². The van der Waals surface area contributed by atoms with Gasteiger partial charge >= 0.3 is 0 Å². The number of anilines is 1. The van der Waals surface area contributed by atoms with Gasteiger partial charge in [-0.05, 0) is 30.5 Å². The molecule has 0 fully saturated rings. The molecule has 0 unspecified atom stereocenters. The summed E-state index contributed by atoms with van der Waals surface area (Å²) in [6, 6.07) is 14.2. The van der Waals surface area contributed by atoms with Gasteiger partial charge < -0.3 is 4.74 Å². The maximum atomic E-state index is 11.6. The van der Waals surface area contributed by atoms with E-state index in [9.17, 15) is 4.79 Å². The highest BCUT2D eigenvalue weighted by atomic mass is 16.5. The van der Waals surface area contributed by atoms with Crippen LogP contribution in [0.3, 0.4) is 0 Å². The van der Waals surface area contributed by atoms with Crippen molar-refractivity contribution >= 4 is 11.7 Å². The summed E-state index contributed by atoms with van der Waals surface area (Å²) in [5.41, 5.74) is 2.26. The predicted octanol–water partition coefficient (Wildman–Crippen LogP) is 2.22. The minimum atomic E-state index is -0.0646. The van der Waals surface area contributed by atoms with Gasteiger partial charge in [0.15, 0.2) is 18.2 Å². The van der Waals surface area contributed by atoms with Crippen LogP contribution in [0.15, 0.2) is 42.5 Å². The van der Waals surface area contributed by atoms with Crippen LogP contribution in [0.25, 0.3) is 0 Å². The Morgan fingerprint density at radius 3 is 2.75 bits per heavy atom. The molecule has 1 amide bonds. The van der Waals surface area contributed by atoms with Gasteiger partial charge in [-0.1, -0.05) is 30.3 Å². The van der Waals surface area contributed by atoms with Crippen LogP contribution < -0.4 is 9.64 Å². The Bertz CT molecular complexity index is 626. The average molecular weight is 268 g/mol. The Hall–Kier alpha value is -2.36. The number of aryl methyl sites for hydroxylation is 2. The minimum Gasteiger partial charge on any atom is -0.480 e. The fraction of sp³-hybridized carbons (Fsp3) is 0.250. The van der Waals surface area contributed by atoms with E-state index in [4.69, 9.17) is 4.74 Å². The molecule has 1 aromatic heterocycles. The van der Waals surface area contributed by atoms with Crippen molar-refractivity contribution in [3.8, 4) is 5.75 Å². The van der Waals surface area contributed by atoms with Crippen molar-refractivity contribution in [2.75, 3.05) is 18.6 Å². The SMILES string of the molecule is CN1C(=O)COc2ccc(CCc3ccccc3)nc21. The minimum absolute atomic E-state index is 0.0646. The summed E-state index contributed by atoms with van der Waals surface area (Å²) in [6.45, 7) is 0.0918. The second-order valence-corrected chi connectivity index (χ2v) is 4.85. The molecule has 0 bridgehead atoms. The van der Waals surface area contributed by atoms with Crippen molar-refractivity contribution in [2.24, 2.45) is 0 Å². The first kappa shape index (κ1) is 12.7. The monoisotopic (exact) mass is 268 g/mol. The van der Waals surface area contributed by atoms with E-state index in [1.807, 2.05) is 30.3 Å². The Kier molecular flexibility index (Phi) is 3.37. The van der Waals surface area contributed by atoms with Crippen LogP contribution in [-0.2, 0) is 17.6 Å². The van der Waals surface area contributed by atoms with Crippen LogP contribution in [0.5, 0.6) is 5.75 Å². The summed E-state index contributed by atoms with van der Waals surface area (Å²) in [5, 5.41) is 0. The zero-order valence-electron chi connectivity index (χ0n) is 11.4. The summed E-state index contributed by atoms with van der Waals surface area (Å²) >= 11 is 0. The number of ether oxygens (including phenoxy) is 1. The molecule has 0 saturated heterocycles. The molecule has 0 radical (unpaired) electrons. The van der Waals surface area contributed by atoms with Crippen LogP contribution in [-0.4, -0.2) is 24.5 Å². The molecule has 2 aromatic rings. The van der Waals surface area contributed by atoms with Crippen LogP contribution in [0.1, 0.15) is 11.3 Å². The highest BCUT2D eigenvalue weighted by Crippen LogP contribution is 2.29. The molecule has 0 saturated carbocycles. The van der Waals surface area contributed by atoms with Crippen molar-refractivity contribution in [3.05, 3.63) is 53.7 Å². The molecule has 0 spiro atoms. The maximum Gasteiger partial charge on any atom is 0.265 e. The highest BCUT2D eigenvalue weighted by molar-refractivity contribution is 5.96. The third-order valence-corrected chi connectivity index (χ3v) is 3.45. The molecule has 4 heteroatoms. The van der Waals surface area contributed by atoms with Gasteiger partial charge in [-0.2, -0.15) is 0 Å². The number of hydrogen-bond acceptors (Lipinski definition) is 3. The van der Waals surface area contributed by atoms with Crippen molar-refractivity contribution < 1.29 is 9.53 Å². The smallest absolute Gasteiger partial charge is 0.265 e. The Balaban J connectivity index is 1.77. The number of hydrogen-bond donors (Lipinski definition) is 0. The second kappa shape index (κ2) is 5.33. The number of carbonyl (C=O) groups excluding carboxylic acids is 1. The summed E-state index contributed by atoms with van der Waals surface area (Å²) in [6.07, 6.45) is 1.78. The number of nitrogens with zero attached hydrogens (tertiary/aromatic N) is 2. The molecule has 3 rings (SSSR count). The predicted molar refractivity (Wildman–Crippen MR) is 77.0 cm³/mol. The number of amides is 1. The van der Waals surface area contributed by atoms with Crippen LogP contribution in [0, 0.1) is 0 Å². The molecule has 20 heavy (non-hydrogen) atoms. The first-order valence-corrected chi connectivity index (χ1v) is 6.67. The lowest BCUT2D eigenvalue weighted by Crippen LogP contribution is -2.36. The van der Waals surface area contributed by atoms with Gasteiger partial charge in [0, 0.05) is 12.7 Å². The maximum absolute atomic E-state index is 11.6. The first-order valence-electron chi connectivity index (χ1n) is 6.67. The van der Waals surface area contributed by atoms with Crippen molar-refractivity contribution in [2.45, 2.75) is 12.8 Å². The molecule has 102 valence electrons. The largest absolute Gasteiger partial charge is 0.480 e. The number of carbonyl (C=O) groups is 1. The summed E-state index contributed by atoms with van der Waals surface area (Å²) < 4.78 is 5.37. The van der Waals surface area contributed by atoms with Crippen LogP contribution in [0.2, 0.25) is 0 Å². The van der Waals surface area contributed by atoms with E-state index in [-0.39, 0.29) is 12.5 Å². The quantitative estimate of drug-likeness (QED) is 0.857. The second-order valence-electron chi connectivity index (χ2n) is 4.85. The summed E-state index contributed by atoms with van der Waals surface area (Å²) in [5.74, 6) is 1.23. The number of aromatic nitrogens is 1. The molecular formula is C16H16N2O2. The molecule has 4 nitrogen and oxygen atoms in total.